The highest BCUT2D eigenvalue weighted by Gasteiger charge is 2.08. The maximum absolute atomic E-state index is 6.22. The summed E-state index contributed by atoms with van der Waals surface area (Å²) in [6, 6.07) is 7.96. The number of benzene rings is 1. The summed E-state index contributed by atoms with van der Waals surface area (Å²) in [6.07, 6.45) is 3.49. The number of thiazole rings is 2. The van der Waals surface area contributed by atoms with Crippen LogP contribution in [0.3, 0.4) is 0 Å². The molecular weight excluding hydrogens is 326 g/mol. The first-order valence-electron chi connectivity index (χ1n) is 6.07. The molecule has 0 amide bonds. The third-order valence-corrected chi connectivity index (χ3v) is 4.94. The molecule has 104 valence electrons. The Labute approximate surface area is 132 Å². The third kappa shape index (κ3) is 2.29. The molecule has 0 bridgehead atoms. The third-order valence-electron chi connectivity index (χ3n) is 2.87. The van der Waals surface area contributed by atoms with Crippen molar-refractivity contribution in [2.45, 2.75) is 0 Å². The van der Waals surface area contributed by atoms with Crippen LogP contribution in [0.1, 0.15) is 5.69 Å². The van der Waals surface area contributed by atoms with Crippen LogP contribution in [0.15, 0.2) is 40.9 Å². The van der Waals surface area contributed by atoms with Crippen molar-refractivity contribution in [2.75, 3.05) is 5.43 Å². The number of fused-ring (bicyclic) bond motifs is 2. The molecule has 8 heteroatoms. The Balaban J connectivity index is 1.57. The maximum atomic E-state index is 6.22. The number of hydrogen-bond donors (Lipinski definition) is 1. The summed E-state index contributed by atoms with van der Waals surface area (Å²) in [5.41, 5.74) is 4.51. The van der Waals surface area contributed by atoms with Gasteiger partial charge in [0.2, 0.25) is 5.13 Å². The average Bonchev–Trinajstić information content (AvgIpc) is 3.16. The number of nitrogens with zero attached hydrogens (tertiary/aromatic N) is 4. The topological polar surface area (TPSA) is 54.6 Å². The van der Waals surface area contributed by atoms with Crippen LogP contribution in [0.25, 0.3) is 15.2 Å². The number of hydrazone groups is 1. The van der Waals surface area contributed by atoms with E-state index in [0.29, 0.717) is 10.8 Å². The first-order valence-corrected chi connectivity index (χ1v) is 8.14. The summed E-state index contributed by atoms with van der Waals surface area (Å²) >= 11 is 9.30. The fraction of sp³-hybridized carbons (Fsp3) is 0. The largest absolute Gasteiger partial charge is 0.280 e. The Morgan fingerprint density at radius 2 is 2.19 bits per heavy atom. The van der Waals surface area contributed by atoms with Crippen molar-refractivity contribution in [3.63, 3.8) is 0 Å². The lowest BCUT2D eigenvalue weighted by Gasteiger charge is -1.91. The predicted molar refractivity (Wildman–Crippen MR) is 88.9 cm³/mol. The highest BCUT2D eigenvalue weighted by molar-refractivity contribution is 7.22. The number of aromatic nitrogens is 3. The Bertz CT molecular complexity index is 919. The summed E-state index contributed by atoms with van der Waals surface area (Å²) < 4.78 is 2.95. The second-order valence-corrected chi connectivity index (χ2v) is 6.46. The molecule has 0 unspecified atom stereocenters. The number of hydrogen-bond acceptors (Lipinski definition) is 6. The lowest BCUT2D eigenvalue weighted by Crippen LogP contribution is -1.90. The van der Waals surface area contributed by atoms with Gasteiger partial charge >= 0.3 is 0 Å². The summed E-state index contributed by atoms with van der Waals surface area (Å²) in [6.45, 7) is 0. The minimum Gasteiger partial charge on any atom is -0.280 e. The van der Waals surface area contributed by atoms with Crippen LogP contribution >= 0.6 is 34.3 Å². The van der Waals surface area contributed by atoms with Gasteiger partial charge in [0, 0.05) is 11.6 Å². The van der Waals surface area contributed by atoms with E-state index in [1.54, 1.807) is 17.6 Å². The molecule has 0 saturated carbocycles. The Hall–Kier alpha value is -1.96. The number of para-hydroxylation sites is 1. The zero-order chi connectivity index (χ0) is 14.2. The van der Waals surface area contributed by atoms with E-state index in [2.05, 4.69) is 20.5 Å². The van der Waals surface area contributed by atoms with E-state index in [4.69, 9.17) is 11.6 Å². The number of rotatable bonds is 3. The van der Waals surface area contributed by atoms with Gasteiger partial charge in [-0.3, -0.25) is 9.83 Å². The Morgan fingerprint density at radius 1 is 1.29 bits per heavy atom. The lowest BCUT2D eigenvalue weighted by atomic mass is 10.3. The van der Waals surface area contributed by atoms with Crippen molar-refractivity contribution in [3.05, 3.63) is 46.7 Å². The number of anilines is 1. The van der Waals surface area contributed by atoms with Gasteiger partial charge in [0.15, 0.2) is 4.96 Å². The maximum Gasteiger partial charge on any atom is 0.204 e. The second kappa shape index (κ2) is 5.10. The average molecular weight is 334 g/mol. The lowest BCUT2D eigenvalue weighted by molar-refractivity contribution is 1.23. The van der Waals surface area contributed by atoms with E-state index in [0.717, 1.165) is 20.3 Å². The number of nitrogens with one attached hydrogen (secondary N) is 1. The number of halogens is 1. The molecule has 0 atom stereocenters. The van der Waals surface area contributed by atoms with Gasteiger partial charge < -0.3 is 0 Å². The fourth-order valence-electron chi connectivity index (χ4n) is 1.93. The predicted octanol–water partition coefficient (Wildman–Crippen LogP) is 4.10. The minimum absolute atomic E-state index is 0.557. The van der Waals surface area contributed by atoms with Gasteiger partial charge in [-0.25, -0.2) is 9.97 Å². The van der Waals surface area contributed by atoms with E-state index >= 15 is 0 Å². The van der Waals surface area contributed by atoms with Crippen molar-refractivity contribution in [3.8, 4) is 0 Å². The molecule has 0 aliphatic carbocycles. The quantitative estimate of drug-likeness (QED) is 0.453. The van der Waals surface area contributed by atoms with Crippen LogP contribution in [0.2, 0.25) is 5.15 Å². The molecule has 0 fully saturated rings. The molecule has 21 heavy (non-hydrogen) atoms. The van der Waals surface area contributed by atoms with Crippen LogP contribution in [0.5, 0.6) is 0 Å². The summed E-state index contributed by atoms with van der Waals surface area (Å²) in [4.78, 5) is 9.67. The first-order chi connectivity index (χ1) is 10.3. The Morgan fingerprint density at radius 3 is 3.05 bits per heavy atom. The normalized spacial score (nSPS) is 11.9. The van der Waals surface area contributed by atoms with E-state index in [1.807, 2.05) is 40.2 Å². The molecule has 0 aliphatic heterocycles. The van der Waals surface area contributed by atoms with Gasteiger partial charge in [-0.05, 0) is 12.1 Å². The van der Waals surface area contributed by atoms with Crippen molar-refractivity contribution >= 4 is 60.8 Å². The standard InChI is InChI=1S/C13H8ClN5S2/c14-11-9(17-13-19(11)5-6-20-13)7-15-18-12-16-8-3-1-2-4-10(8)21-12/h1-7H,(H,16,18). The van der Waals surface area contributed by atoms with E-state index < -0.39 is 0 Å². The molecule has 1 aromatic carbocycles. The zero-order valence-corrected chi connectivity index (χ0v) is 12.9. The highest BCUT2D eigenvalue weighted by Crippen LogP contribution is 2.25. The Kier molecular flexibility index (Phi) is 3.10. The summed E-state index contributed by atoms with van der Waals surface area (Å²) in [7, 11) is 0. The molecule has 3 heterocycles. The van der Waals surface area contributed by atoms with Gasteiger partial charge in [-0.1, -0.05) is 35.1 Å². The monoisotopic (exact) mass is 333 g/mol. The minimum atomic E-state index is 0.557. The molecule has 0 saturated heterocycles. The number of imidazole rings is 1. The molecule has 3 aromatic heterocycles. The molecule has 0 radical (unpaired) electrons. The van der Waals surface area contributed by atoms with Crippen LogP contribution < -0.4 is 5.43 Å². The van der Waals surface area contributed by atoms with Crippen LogP contribution in [-0.4, -0.2) is 20.6 Å². The van der Waals surface area contributed by atoms with Crippen LogP contribution in [0.4, 0.5) is 5.13 Å². The molecule has 4 rings (SSSR count). The molecule has 1 N–H and O–H groups in total. The van der Waals surface area contributed by atoms with Gasteiger partial charge in [0.1, 0.15) is 10.8 Å². The van der Waals surface area contributed by atoms with Crippen molar-refractivity contribution in [1.82, 2.24) is 14.4 Å². The molecule has 0 spiro atoms. The van der Waals surface area contributed by atoms with Crippen molar-refractivity contribution in [1.29, 1.82) is 0 Å². The van der Waals surface area contributed by atoms with Gasteiger partial charge in [0.25, 0.3) is 0 Å². The van der Waals surface area contributed by atoms with E-state index in [9.17, 15) is 0 Å². The molecule has 0 aliphatic rings. The van der Waals surface area contributed by atoms with E-state index in [-0.39, 0.29) is 0 Å². The molecule has 4 aromatic rings. The smallest absolute Gasteiger partial charge is 0.204 e. The van der Waals surface area contributed by atoms with Crippen LogP contribution in [0, 0.1) is 0 Å². The molecular formula is C13H8ClN5S2. The van der Waals surface area contributed by atoms with Gasteiger partial charge in [-0.15, -0.1) is 11.3 Å². The summed E-state index contributed by atoms with van der Waals surface area (Å²) in [5, 5.41) is 7.40. The highest BCUT2D eigenvalue weighted by atomic mass is 35.5. The summed E-state index contributed by atoms with van der Waals surface area (Å²) in [5.74, 6) is 0. The SMILES string of the molecule is Clc1c(C=NNc2nc3ccccc3s2)nc2sccn12. The fourth-order valence-corrected chi connectivity index (χ4v) is 3.74. The van der Waals surface area contributed by atoms with E-state index in [1.165, 1.54) is 11.3 Å². The second-order valence-electron chi connectivity index (χ2n) is 4.20. The zero-order valence-electron chi connectivity index (χ0n) is 10.5. The van der Waals surface area contributed by atoms with Crippen molar-refractivity contribution < 1.29 is 0 Å². The van der Waals surface area contributed by atoms with Gasteiger partial charge in [0.05, 0.1) is 16.4 Å². The molecule has 5 nitrogen and oxygen atoms in total. The van der Waals surface area contributed by atoms with Crippen LogP contribution in [-0.2, 0) is 0 Å². The van der Waals surface area contributed by atoms with Crippen molar-refractivity contribution in [2.24, 2.45) is 5.10 Å². The van der Waals surface area contributed by atoms with Gasteiger partial charge in [-0.2, -0.15) is 5.10 Å². The first kappa shape index (κ1) is 12.8.